The molecule has 0 saturated carbocycles. The summed E-state index contributed by atoms with van der Waals surface area (Å²) in [7, 11) is 5.52. The lowest BCUT2D eigenvalue weighted by molar-refractivity contribution is 0.414. The Morgan fingerprint density at radius 2 is 1.73 bits per heavy atom. The van der Waals surface area contributed by atoms with Crippen LogP contribution >= 0.6 is 21.6 Å². The Balaban J connectivity index is 2.38. The van der Waals surface area contributed by atoms with E-state index in [1.165, 1.54) is 5.56 Å². The van der Waals surface area contributed by atoms with Crippen LogP contribution in [0, 0.1) is 0 Å². The number of benzene rings is 1. The summed E-state index contributed by atoms with van der Waals surface area (Å²) in [5.74, 6) is 1.97. The third-order valence-electron chi connectivity index (χ3n) is 1.69. The summed E-state index contributed by atoms with van der Waals surface area (Å²) in [5, 5.41) is 0. The predicted molar refractivity (Wildman–Crippen MR) is 71.6 cm³/mol. The lowest BCUT2D eigenvalue weighted by atomic mass is 10.2. The van der Waals surface area contributed by atoms with Crippen LogP contribution < -0.4 is 4.74 Å². The van der Waals surface area contributed by atoms with E-state index in [2.05, 4.69) is 32.9 Å². The molecule has 0 radical (unpaired) electrons. The van der Waals surface area contributed by atoms with Gasteiger partial charge < -0.3 is 4.74 Å². The van der Waals surface area contributed by atoms with Crippen LogP contribution in [0.25, 0.3) is 0 Å². The molecule has 0 spiro atoms. The van der Waals surface area contributed by atoms with Gasteiger partial charge in [-0.15, -0.1) is 0 Å². The van der Waals surface area contributed by atoms with Crippen LogP contribution in [0.4, 0.5) is 0 Å². The first kappa shape index (κ1) is 12.8. The zero-order valence-corrected chi connectivity index (χ0v) is 11.4. The van der Waals surface area contributed by atoms with Crippen molar-refractivity contribution < 1.29 is 4.74 Å². The number of methoxy groups -OCH3 is 1. The summed E-state index contributed by atoms with van der Waals surface area (Å²) in [6, 6.07) is 8.26. The molecule has 84 valence electrons. The predicted octanol–water partition coefficient (Wildman–Crippen LogP) is 4.38. The van der Waals surface area contributed by atoms with E-state index in [-0.39, 0.29) is 0 Å². The molecule has 15 heavy (non-hydrogen) atoms. The number of hydrogen-bond acceptors (Lipinski definition) is 3. The van der Waals surface area contributed by atoms with Crippen molar-refractivity contribution in [1.82, 2.24) is 0 Å². The molecule has 0 aliphatic carbocycles. The van der Waals surface area contributed by atoms with Gasteiger partial charge in [-0.05, 0) is 17.7 Å². The van der Waals surface area contributed by atoms with Crippen LogP contribution in [0.1, 0.15) is 26.3 Å². The van der Waals surface area contributed by atoms with Crippen molar-refractivity contribution in [1.29, 1.82) is 0 Å². The summed E-state index contributed by atoms with van der Waals surface area (Å²) in [4.78, 5) is 0. The summed E-state index contributed by atoms with van der Waals surface area (Å²) in [5.41, 5.74) is 1.34. The van der Waals surface area contributed by atoms with E-state index in [4.69, 9.17) is 4.74 Å². The molecule has 0 fully saturated rings. The van der Waals surface area contributed by atoms with Gasteiger partial charge in [0.2, 0.25) is 0 Å². The Hall–Kier alpha value is -0.280. The first-order chi connectivity index (χ1) is 7.01. The maximum Gasteiger partial charge on any atom is 0.118 e. The van der Waals surface area contributed by atoms with E-state index in [0.29, 0.717) is 4.75 Å². The van der Waals surface area contributed by atoms with Crippen molar-refractivity contribution in [2.45, 2.75) is 31.3 Å². The lowest BCUT2D eigenvalue weighted by Crippen LogP contribution is -2.04. The Morgan fingerprint density at radius 1 is 1.13 bits per heavy atom. The number of ether oxygens (including phenoxy) is 1. The van der Waals surface area contributed by atoms with Gasteiger partial charge in [-0.25, -0.2) is 0 Å². The van der Waals surface area contributed by atoms with Crippen LogP contribution in [0.15, 0.2) is 24.3 Å². The molecular formula is C12H18OS2. The maximum atomic E-state index is 5.12. The quantitative estimate of drug-likeness (QED) is 0.725. The molecule has 0 aliphatic rings. The van der Waals surface area contributed by atoms with Gasteiger partial charge in [-0.1, -0.05) is 54.5 Å². The Morgan fingerprint density at radius 3 is 2.20 bits per heavy atom. The normalized spacial score (nSPS) is 11.5. The molecular weight excluding hydrogens is 224 g/mol. The van der Waals surface area contributed by atoms with Crippen molar-refractivity contribution in [2.75, 3.05) is 7.11 Å². The Kier molecular flexibility index (Phi) is 4.87. The van der Waals surface area contributed by atoms with Crippen molar-refractivity contribution >= 4 is 21.6 Å². The molecule has 0 unspecified atom stereocenters. The number of rotatable bonds is 4. The molecule has 0 saturated heterocycles. The zero-order chi connectivity index (χ0) is 11.3. The summed E-state index contributed by atoms with van der Waals surface area (Å²) >= 11 is 0. The van der Waals surface area contributed by atoms with Gasteiger partial charge >= 0.3 is 0 Å². The van der Waals surface area contributed by atoms with Crippen molar-refractivity contribution in [3.8, 4) is 5.75 Å². The topological polar surface area (TPSA) is 9.23 Å². The minimum atomic E-state index is 0.330. The van der Waals surface area contributed by atoms with E-state index >= 15 is 0 Å². The molecule has 0 atom stereocenters. The molecule has 0 N–H and O–H groups in total. The molecule has 0 bridgehead atoms. The van der Waals surface area contributed by atoms with Gasteiger partial charge in [-0.2, -0.15) is 0 Å². The van der Waals surface area contributed by atoms with E-state index in [1.807, 2.05) is 33.7 Å². The van der Waals surface area contributed by atoms with Crippen LogP contribution in [0.2, 0.25) is 0 Å². The number of hydrogen-bond donors (Lipinski definition) is 0. The highest BCUT2D eigenvalue weighted by Crippen LogP contribution is 2.37. The lowest BCUT2D eigenvalue weighted by Gasteiger charge is -2.16. The molecule has 0 heterocycles. The molecule has 0 aliphatic heterocycles. The Bertz CT molecular complexity index is 287. The smallest absolute Gasteiger partial charge is 0.118 e. The monoisotopic (exact) mass is 242 g/mol. The highest BCUT2D eigenvalue weighted by molar-refractivity contribution is 8.76. The van der Waals surface area contributed by atoms with Crippen LogP contribution in [-0.4, -0.2) is 11.9 Å². The van der Waals surface area contributed by atoms with Crippen LogP contribution in [0.3, 0.4) is 0 Å². The fourth-order valence-corrected chi connectivity index (χ4v) is 3.38. The van der Waals surface area contributed by atoms with Gasteiger partial charge in [0.05, 0.1) is 7.11 Å². The summed E-state index contributed by atoms with van der Waals surface area (Å²) in [6.07, 6.45) is 0. The van der Waals surface area contributed by atoms with E-state index in [1.54, 1.807) is 7.11 Å². The fourth-order valence-electron chi connectivity index (χ4n) is 0.996. The fraction of sp³-hybridized carbons (Fsp3) is 0.500. The Labute approximate surface area is 100 Å². The second-order valence-corrected chi connectivity index (χ2v) is 7.43. The van der Waals surface area contributed by atoms with Crippen molar-refractivity contribution in [2.24, 2.45) is 0 Å². The average Bonchev–Trinajstić information content (AvgIpc) is 2.17. The molecule has 1 aromatic rings. The molecule has 0 aromatic heterocycles. The third-order valence-corrected chi connectivity index (χ3v) is 4.97. The largest absolute Gasteiger partial charge is 0.497 e. The van der Waals surface area contributed by atoms with Crippen molar-refractivity contribution in [3.05, 3.63) is 29.8 Å². The average molecular weight is 242 g/mol. The second-order valence-electron chi connectivity index (χ2n) is 4.31. The van der Waals surface area contributed by atoms with Gasteiger partial charge in [0.15, 0.2) is 0 Å². The molecule has 1 nitrogen and oxygen atoms in total. The first-order valence-electron chi connectivity index (χ1n) is 4.95. The summed E-state index contributed by atoms with van der Waals surface area (Å²) < 4.78 is 5.45. The maximum absolute atomic E-state index is 5.12. The van der Waals surface area contributed by atoms with E-state index < -0.39 is 0 Å². The molecule has 3 heteroatoms. The highest BCUT2D eigenvalue weighted by Gasteiger charge is 2.10. The minimum Gasteiger partial charge on any atom is -0.497 e. The third kappa shape index (κ3) is 5.38. The molecule has 0 amide bonds. The zero-order valence-electron chi connectivity index (χ0n) is 9.74. The summed E-state index contributed by atoms with van der Waals surface area (Å²) in [6.45, 7) is 6.70. The standard InChI is InChI=1S/C12H18OS2/c1-12(2,3)15-14-9-10-5-7-11(13-4)8-6-10/h5-8H,9H2,1-4H3. The van der Waals surface area contributed by atoms with Crippen LogP contribution in [0.5, 0.6) is 5.75 Å². The SMILES string of the molecule is COc1ccc(CSSC(C)(C)C)cc1. The highest BCUT2D eigenvalue weighted by atomic mass is 33.1. The van der Waals surface area contributed by atoms with Gasteiger partial charge in [0, 0.05) is 10.5 Å². The van der Waals surface area contributed by atoms with Crippen LogP contribution in [-0.2, 0) is 5.75 Å². The molecule has 1 rings (SSSR count). The molecule has 1 aromatic carbocycles. The van der Waals surface area contributed by atoms with E-state index in [0.717, 1.165) is 11.5 Å². The van der Waals surface area contributed by atoms with Gasteiger partial charge in [0.1, 0.15) is 5.75 Å². The van der Waals surface area contributed by atoms with Gasteiger partial charge in [0.25, 0.3) is 0 Å². The minimum absolute atomic E-state index is 0.330. The van der Waals surface area contributed by atoms with Crippen molar-refractivity contribution in [3.63, 3.8) is 0 Å². The van der Waals surface area contributed by atoms with Gasteiger partial charge in [-0.3, -0.25) is 0 Å². The second kappa shape index (κ2) is 5.71. The first-order valence-corrected chi connectivity index (χ1v) is 7.27. The van der Waals surface area contributed by atoms with E-state index in [9.17, 15) is 0 Å².